The first-order valence-corrected chi connectivity index (χ1v) is 9.20. The third-order valence-corrected chi connectivity index (χ3v) is 5.35. The van der Waals surface area contributed by atoms with E-state index in [0.717, 1.165) is 33.6 Å². The molecule has 2 amide bonds. The van der Waals surface area contributed by atoms with Crippen LogP contribution in [0, 0.1) is 0 Å². The van der Waals surface area contributed by atoms with Crippen molar-refractivity contribution in [3.63, 3.8) is 0 Å². The molecule has 2 aliphatic heterocycles. The molecule has 0 bridgehead atoms. The van der Waals surface area contributed by atoms with Crippen molar-refractivity contribution in [2.75, 3.05) is 10.9 Å². The van der Waals surface area contributed by atoms with E-state index in [0.29, 0.717) is 10.6 Å². The van der Waals surface area contributed by atoms with Gasteiger partial charge in [-0.3, -0.25) is 14.5 Å². The number of aromatic nitrogens is 1. The van der Waals surface area contributed by atoms with E-state index in [1.807, 2.05) is 18.2 Å². The van der Waals surface area contributed by atoms with Gasteiger partial charge in [0.1, 0.15) is 0 Å². The topological polar surface area (TPSA) is 107 Å². The normalized spacial score (nSPS) is 17.3. The molecule has 0 aliphatic carbocycles. The van der Waals surface area contributed by atoms with Crippen molar-refractivity contribution in [3.8, 4) is 5.75 Å². The average Bonchev–Trinajstić information content (AvgIpc) is 3.19. The van der Waals surface area contributed by atoms with Crippen molar-refractivity contribution in [1.29, 1.82) is 0 Å². The molecule has 4 N–H and O–H groups in total. The number of nitrogens with one attached hydrogen (secondary N) is 3. The third kappa shape index (κ3) is 3.42. The number of hydrogen-bond acceptors (Lipinski definition) is 8. The van der Waals surface area contributed by atoms with Crippen LogP contribution in [-0.4, -0.2) is 26.1 Å². The lowest BCUT2D eigenvalue weighted by Crippen LogP contribution is -2.28. The second kappa shape index (κ2) is 6.93. The summed E-state index contributed by atoms with van der Waals surface area (Å²) < 4.78 is 0. The molecule has 1 saturated heterocycles. The van der Waals surface area contributed by atoms with Crippen molar-refractivity contribution >= 4 is 63.6 Å². The first-order chi connectivity index (χ1) is 12.9. The number of thioether (sulfide) groups is 1. The molecule has 2 aliphatic rings. The highest BCUT2D eigenvalue weighted by molar-refractivity contribution is 8.18. The summed E-state index contributed by atoms with van der Waals surface area (Å²) in [6, 6.07) is 6.89. The van der Waals surface area contributed by atoms with Gasteiger partial charge in [0.05, 0.1) is 33.5 Å². The number of rotatable bonds is 3. The molecule has 0 atom stereocenters. The number of fused-ring (bicyclic) bond motifs is 1. The monoisotopic (exact) mass is 423 g/mol. The van der Waals surface area contributed by atoms with Crippen LogP contribution in [0.5, 0.6) is 5.75 Å². The summed E-state index contributed by atoms with van der Waals surface area (Å²) in [5.41, 5.74) is 11.4. The Morgan fingerprint density at radius 2 is 1.96 bits per heavy atom. The fourth-order valence-electron chi connectivity index (χ4n) is 2.59. The van der Waals surface area contributed by atoms with E-state index in [4.69, 9.17) is 23.2 Å². The van der Waals surface area contributed by atoms with Crippen LogP contribution in [0.25, 0.3) is 6.08 Å². The number of amides is 2. The number of carbonyl (C=O) groups excluding carboxylic acids is 2. The van der Waals surface area contributed by atoms with Gasteiger partial charge in [-0.25, -0.2) is 4.98 Å². The predicted octanol–water partition coefficient (Wildman–Crippen LogP) is 3.59. The number of benzene rings is 1. The van der Waals surface area contributed by atoms with Gasteiger partial charge in [0.2, 0.25) is 0 Å². The number of anilines is 2. The molecular formula is C16H11Cl2N5O3S. The Balaban J connectivity index is 1.57. The molecule has 1 aromatic carbocycles. The summed E-state index contributed by atoms with van der Waals surface area (Å²) in [4.78, 5) is 30.2. The van der Waals surface area contributed by atoms with E-state index in [1.54, 1.807) is 6.08 Å². The molecule has 8 nitrogen and oxygen atoms in total. The highest BCUT2D eigenvalue weighted by Crippen LogP contribution is 2.36. The molecule has 0 saturated carbocycles. The Kier molecular flexibility index (Phi) is 4.60. The fraction of sp³-hybridized carbons (Fsp3) is 0.0625. The SMILES string of the molecule is O=C1S/C(=C\c2ccc3c(c2)NNN3)C(=O)N1Cc1cc(Cl)c(O)c(Cl)n1. The summed E-state index contributed by atoms with van der Waals surface area (Å²) in [5, 5.41) is 8.96. The molecule has 4 rings (SSSR count). The van der Waals surface area contributed by atoms with Gasteiger partial charge in [-0.1, -0.05) is 29.3 Å². The van der Waals surface area contributed by atoms with Gasteiger partial charge in [0, 0.05) is 0 Å². The lowest BCUT2D eigenvalue weighted by molar-refractivity contribution is -0.123. The minimum absolute atomic E-state index is 0.000346. The minimum atomic E-state index is -0.433. The standard InChI is InChI=1S/C16H11Cl2N5O3S/c17-9-5-8(19-14(18)13(9)24)6-23-15(25)12(27-16(23)26)4-7-1-2-10-11(3-7)21-22-20-10/h1-5,20-22,24H,6H2/b12-4-. The van der Waals surface area contributed by atoms with Crippen molar-refractivity contribution in [3.05, 3.63) is 50.6 Å². The number of aromatic hydroxyl groups is 1. The van der Waals surface area contributed by atoms with Crippen molar-refractivity contribution in [1.82, 2.24) is 15.4 Å². The first-order valence-electron chi connectivity index (χ1n) is 7.63. The molecule has 3 heterocycles. The first kappa shape index (κ1) is 17.9. The third-order valence-electron chi connectivity index (χ3n) is 3.89. The van der Waals surface area contributed by atoms with E-state index in [9.17, 15) is 14.7 Å². The van der Waals surface area contributed by atoms with Gasteiger partial charge in [-0.05, 0) is 41.6 Å². The van der Waals surface area contributed by atoms with Gasteiger partial charge >= 0.3 is 0 Å². The van der Waals surface area contributed by atoms with Crippen LogP contribution in [0.15, 0.2) is 29.2 Å². The summed E-state index contributed by atoms with van der Waals surface area (Å²) >= 11 is 12.5. The van der Waals surface area contributed by atoms with E-state index in [2.05, 4.69) is 21.4 Å². The fourth-order valence-corrected chi connectivity index (χ4v) is 3.90. The molecule has 0 radical (unpaired) electrons. The molecule has 27 heavy (non-hydrogen) atoms. The Hall–Kier alpha value is -2.46. The quantitative estimate of drug-likeness (QED) is 0.438. The Morgan fingerprint density at radius 1 is 1.19 bits per heavy atom. The van der Waals surface area contributed by atoms with Crippen molar-refractivity contribution in [2.24, 2.45) is 0 Å². The number of hydrazine groups is 2. The van der Waals surface area contributed by atoms with Crippen LogP contribution in [-0.2, 0) is 11.3 Å². The Labute approximate surface area is 167 Å². The number of hydrogen-bond donors (Lipinski definition) is 4. The summed E-state index contributed by atoms with van der Waals surface area (Å²) in [6.07, 6.45) is 1.65. The molecule has 2 aromatic rings. The largest absolute Gasteiger partial charge is 0.504 e. The zero-order valence-corrected chi connectivity index (χ0v) is 15.7. The number of nitrogens with zero attached hydrogens (tertiary/aromatic N) is 2. The second-order valence-electron chi connectivity index (χ2n) is 5.68. The van der Waals surface area contributed by atoms with Crippen LogP contribution in [0.4, 0.5) is 16.2 Å². The van der Waals surface area contributed by atoms with Crippen LogP contribution in [0.2, 0.25) is 10.2 Å². The molecule has 138 valence electrons. The van der Waals surface area contributed by atoms with Crippen LogP contribution in [0.3, 0.4) is 0 Å². The summed E-state index contributed by atoms with van der Waals surface area (Å²) in [5.74, 6) is -0.776. The Bertz CT molecular complexity index is 991. The van der Waals surface area contributed by atoms with Crippen molar-refractivity contribution < 1.29 is 14.7 Å². The minimum Gasteiger partial charge on any atom is -0.504 e. The van der Waals surface area contributed by atoms with Gasteiger partial charge in [-0.15, -0.1) is 5.53 Å². The van der Waals surface area contributed by atoms with Gasteiger partial charge in [-0.2, -0.15) is 0 Å². The smallest absolute Gasteiger partial charge is 0.293 e. The zero-order valence-electron chi connectivity index (χ0n) is 13.4. The maximum absolute atomic E-state index is 12.6. The molecule has 1 fully saturated rings. The van der Waals surface area contributed by atoms with E-state index in [1.165, 1.54) is 6.07 Å². The molecular weight excluding hydrogens is 413 g/mol. The molecule has 11 heteroatoms. The summed E-state index contributed by atoms with van der Waals surface area (Å²) in [7, 11) is 0. The second-order valence-corrected chi connectivity index (χ2v) is 7.44. The van der Waals surface area contributed by atoms with Gasteiger partial charge in [0.15, 0.2) is 10.9 Å². The predicted molar refractivity (Wildman–Crippen MR) is 104 cm³/mol. The zero-order chi connectivity index (χ0) is 19.1. The lowest BCUT2D eigenvalue weighted by Gasteiger charge is -2.12. The van der Waals surface area contributed by atoms with Gasteiger partial charge in [0.25, 0.3) is 11.1 Å². The highest BCUT2D eigenvalue weighted by atomic mass is 35.5. The number of imide groups is 1. The maximum atomic E-state index is 12.6. The van der Waals surface area contributed by atoms with Gasteiger partial charge < -0.3 is 16.0 Å². The maximum Gasteiger partial charge on any atom is 0.293 e. The highest BCUT2D eigenvalue weighted by Gasteiger charge is 2.35. The number of carbonyl (C=O) groups is 2. The van der Waals surface area contributed by atoms with E-state index in [-0.39, 0.29) is 22.5 Å². The van der Waals surface area contributed by atoms with Crippen molar-refractivity contribution in [2.45, 2.75) is 6.54 Å². The average molecular weight is 424 g/mol. The molecule has 0 spiro atoms. The molecule has 0 unspecified atom stereocenters. The van der Waals surface area contributed by atoms with E-state index < -0.39 is 11.1 Å². The van der Waals surface area contributed by atoms with Crippen LogP contribution < -0.4 is 16.4 Å². The number of halogens is 2. The summed E-state index contributed by atoms with van der Waals surface area (Å²) in [6.45, 7) is -0.0959. The van der Waals surface area contributed by atoms with E-state index >= 15 is 0 Å². The lowest BCUT2D eigenvalue weighted by atomic mass is 10.1. The molecule has 1 aromatic heterocycles. The van der Waals surface area contributed by atoms with Crippen LogP contribution in [0.1, 0.15) is 11.3 Å². The Morgan fingerprint density at radius 3 is 2.74 bits per heavy atom. The van der Waals surface area contributed by atoms with Crippen LogP contribution >= 0.6 is 35.0 Å². The number of pyridine rings is 1.